The molecule has 2 N–H and O–H groups in total. The third-order valence-corrected chi connectivity index (χ3v) is 4.86. The maximum atomic E-state index is 12.7. The first-order valence-corrected chi connectivity index (χ1v) is 8.71. The molecule has 1 saturated carbocycles. The second-order valence-electron chi connectivity index (χ2n) is 6.39. The molecule has 6 nitrogen and oxygen atoms in total. The molecule has 3 rings (SSSR count). The second-order valence-corrected chi connectivity index (χ2v) is 6.80. The number of hydrogen-bond donors (Lipinski definition) is 2. The summed E-state index contributed by atoms with van der Waals surface area (Å²) in [6, 6.07) is 4.36. The zero-order chi connectivity index (χ0) is 18.0. The average molecular weight is 362 g/mol. The quantitative estimate of drug-likeness (QED) is 0.859. The lowest BCUT2D eigenvalue weighted by molar-refractivity contribution is 0.0697. The lowest BCUT2D eigenvalue weighted by Gasteiger charge is -2.20. The summed E-state index contributed by atoms with van der Waals surface area (Å²) in [6.45, 7) is 0. The minimum Gasteiger partial charge on any atom is -0.478 e. The van der Waals surface area contributed by atoms with Crippen LogP contribution < -0.4 is 5.32 Å². The summed E-state index contributed by atoms with van der Waals surface area (Å²) in [5, 5.41) is 16.4. The van der Waals surface area contributed by atoms with Gasteiger partial charge in [0.1, 0.15) is 0 Å². The molecule has 2 aromatic rings. The number of hydrogen-bond acceptors (Lipinski definition) is 3. The Morgan fingerprint density at radius 1 is 1.24 bits per heavy atom. The lowest BCUT2D eigenvalue weighted by atomic mass is 9.85. The van der Waals surface area contributed by atoms with Gasteiger partial charge in [0.25, 0.3) is 5.91 Å². The monoisotopic (exact) mass is 361 g/mol. The highest BCUT2D eigenvalue weighted by Gasteiger charge is 2.25. The van der Waals surface area contributed by atoms with Crippen LogP contribution in [-0.4, -0.2) is 26.8 Å². The molecule has 0 atom stereocenters. The van der Waals surface area contributed by atoms with Crippen LogP contribution in [0.3, 0.4) is 0 Å². The first kappa shape index (κ1) is 17.5. The van der Waals surface area contributed by atoms with Crippen molar-refractivity contribution >= 4 is 29.2 Å². The van der Waals surface area contributed by atoms with Crippen molar-refractivity contribution < 1.29 is 14.7 Å². The smallest absolute Gasteiger partial charge is 0.337 e. The summed E-state index contributed by atoms with van der Waals surface area (Å²) >= 11 is 5.96. The fourth-order valence-electron chi connectivity index (χ4n) is 3.32. The van der Waals surface area contributed by atoms with Crippen LogP contribution in [0.25, 0.3) is 0 Å². The number of aromatic nitrogens is 2. The maximum absolute atomic E-state index is 12.7. The molecule has 0 bridgehead atoms. The van der Waals surface area contributed by atoms with Gasteiger partial charge >= 0.3 is 5.97 Å². The number of anilines is 1. The van der Waals surface area contributed by atoms with E-state index >= 15 is 0 Å². The molecule has 0 aliphatic heterocycles. The Hall–Kier alpha value is -2.34. The van der Waals surface area contributed by atoms with Crippen LogP contribution >= 0.6 is 11.6 Å². The number of nitrogens with one attached hydrogen (secondary N) is 1. The first-order chi connectivity index (χ1) is 12.0. The van der Waals surface area contributed by atoms with Gasteiger partial charge in [0.15, 0.2) is 0 Å². The zero-order valence-electron chi connectivity index (χ0n) is 14.0. The third-order valence-electron chi connectivity index (χ3n) is 4.55. The third kappa shape index (κ3) is 3.85. The SMILES string of the molecule is Cn1cc(C(=O)Nc2ccc(C(=O)O)c(Cl)c2)c(C2CCCCC2)n1. The van der Waals surface area contributed by atoms with Crippen molar-refractivity contribution in [3.05, 3.63) is 46.2 Å². The van der Waals surface area contributed by atoms with Crippen molar-refractivity contribution in [2.45, 2.75) is 38.0 Å². The Labute approximate surface area is 150 Å². The van der Waals surface area contributed by atoms with E-state index in [-0.39, 0.29) is 16.5 Å². The maximum Gasteiger partial charge on any atom is 0.337 e. The van der Waals surface area contributed by atoms with Gasteiger partial charge in [-0.05, 0) is 31.0 Å². The van der Waals surface area contributed by atoms with E-state index in [1.54, 1.807) is 10.9 Å². The fraction of sp³-hybridized carbons (Fsp3) is 0.389. The number of carboxylic acid groups (broad SMARTS) is 1. The van der Waals surface area contributed by atoms with Crippen LogP contribution in [-0.2, 0) is 7.05 Å². The van der Waals surface area contributed by atoms with Crippen LogP contribution in [0.2, 0.25) is 5.02 Å². The van der Waals surface area contributed by atoms with Crippen LogP contribution in [0.15, 0.2) is 24.4 Å². The molecule has 132 valence electrons. The van der Waals surface area contributed by atoms with E-state index in [2.05, 4.69) is 10.4 Å². The van der Waals surface area contributed by atoms with E-state index in [1.165, 1.54) is 24.6 Å². The van der Waals surface area contributed by atoms with Crippen LogP contribution in [0.1, 0.15) is 64.4 Å². The second kappa shape index (κ2) is 7.27. The summed E-state index contributed by atoms with van der Waals surface area (Å²) in [7, 11) is 1.81. The van der Waals surface area contributed by atoms with Crippen molar-refractivity contribution in [2.75, 3.05) is 5.32 Å². The average Bonchev–Trinajstić information content (AvgIpc) is 2.97. The van der Waals surface area contributed by atoms with Crippen LogP contribution in [0, 0.1) is 0 Å². The standard InChI is InChI=1S/C18H20ClN3O3/c1-22-10-14(16(21-22)11-5-3-2-4-6-11)17(23)20-12-7-8-13(18(24)25)15(19)9-12/h7-11H,2-6H2,1H3,(H,20,23)(H,24,25). The number of aromatic carboxylic acids is 1. The van der Waals surface area contributed by atoms with Crippen molar-refractivity contribution in [1.82, 2.24) is 9.78 Å². The van der Waals surface area contributed by atoms with Crippen molar-refractivity contribution in [2.24, 2.45) is 7.05 Å². The highest BCUT2D eigenvalue weighted by molar-refractivity contribution is 6.33. The highest BCUT2D eigenvalue weighted by atomic mass is 35.5. The van der Waals surface area contributed by atoms with Crippen LogP contribution in [0.4, 0.5) is 5.69 Å². The summed E-state index contributed by atoms with van der Waals surface area (Å²) < 4.78 is 1.67. The molecule has 1 aromatic heterocycles. The molecule has 1 amide bonds. The molecule has 0 saturated heterocycles. The van der Waals surface area contributed by atoms with Gasteiger partial charge in [-0.25, -0.2) is 4.79 Å². The molecular formula is C18H20ClN3O3. The number of rotatable bonds is 4. The predicted octanol–water partition coefficient (Wildman–Crippen LogP) is 4.07. The molecular weight excluding hydrogens is 342 g/mol. The van der Waals surface area contributed by atoms with Crippen molar-refractivity contribution in [3.63, 3.8) is 0 Å². The molecule has 1 aliphatic carbocycles. The Bertz CT molecular complexity index is 810. The zero-order valence-corrected chi connectivity index (χ0v) is 14.7. The van der Waals surface area contributed by atoms with Crippen molar-refractivity contribution in [3.8, 4) is 0 Å². The Morgan fingerprint density at radius 2 is 1.96 bits per heavy atom. The summed E-state index contributed by atoms with van der Waals surface area (Å²) in [6.07, 6.45) is 7.39. The van der Waals surface area contributed by atoms with Gasteiger partial charge in [0.05, 0.1) is 21.8 Å². The molecule has 0 spiro atoms. The number of aryl methyl sites for hydroxylation is 1. The lowest BCUT2D eigenvalue weighted by Crippen LogP contribution is -2.16. The molecule has 1 aliphatic rings. The van der Waals surface area contributed by atoms with Gasteiger partial charge in [-0.1, -0.05) is 30.9 Å². The number of carbonyl (C=O) groups excluding carboxylic acids is 1. The Balaban J connectivity index is 1.82. The molecule has 1 heterocycles. The minimum atomic E-state index is -1.10. The highest BCUT2D eigenvalue weighted by Crippen LogP contribution is 2.33. The number of amides is 1. The van der Waals surface area contributed by atoms with Crippen LogP contribution in [0.5, 0.6) is 0 Å². The summed E-state index contributed by atoms with van der Waals surface area (Å²) in [4.78, 5) is 23.7. The normalized spacial score (nSPS) is 15.1. The fourth-order valence-corrected chi connectivity index (χ4v) is 3.58. The minimum absolute atomic E-state index is 0.00365. The summed E-state index contributed by atoms with van der Waals surface area (Å²) in [5.74, 6) is -1.05. The predicted molar refractivity (Wildman–Crippen MR) is 95.4 cm³/mol. The van der Waals surface area contributed by atoms with E-state index in [1.807, 2.05) is 7.05 Å². The number of halogens is 1. The molecule has 7 heteroatoms. The van der Waals surface area contributed by atoms with E-state index in [9.17, 15) is 9.59 Å². The van der Waals surface area contributed by atoms with Gasteiger partial charge in [0, 0.05) is 24.8 Å². The topological polar surface area (TPSA) is 84.2 Å². The van der Waals surface area contributed by atoms with E-state index in [4.69, 9.17) is 16.7 Å². The summed E-state index contributed by atoms with van der Waals surface area (Å²) in [5.41, 5.74) is 1.86. The Kier molecular flexibility index (Phi) is 5.08. The molecule has 25 heavy (non-hydrogen) atoms. The molecule has 0 unspecified atom stereocenters. The van der Waals surface area contributed by atoms with E-state index in [0.717, 1.165) is 31.4 Å². The van der Waals surface area contributed by atoms with Gasteiger partial charge in [0.2, 0.25) is 0 Å². The first-order valence-electron chi connectivity index (χ1n) is 8.33. The van der Waals surface area contributed by atoms with E-state index in [0.29, 0.717) is 17.2 Å². The number of benzene rings is 1. The molecule has 1 aromatic carbocycles. The van der Waals surface area contributed by atoms with Crippen molar-refractivity contribution in [1.29, 1.82) is 0 Å². The number of nitrogens with zero attached hydrogens (tertiary/aromatic N) is 2. The van der Waals surface area contributed by atoms with Gasteiger partial charge in [-0.3, -0.25) is 9.48 Å². The number of carboxylic acids is 1. The van der Waals surface area contributed by atoms with Gasteiger partial charge < -0.3 is 10.4 Å². The largest absolute Gasteiger partial charge is 0.478 e. The molecule has 0 radical (unpaired) electrons. The van der Waals surface area contributed by atoms with Gasteiger partial charge in [-0.2, -0.15) is 5.10 Å². The van der Waals surface area contributed by atoms with E-state index < -0.39 is 5.97 Å². The Morgan fingerprint density at radius 3 is 2.60 bits per heavy atom. The number of carbonyl (C=O) groups is 2. The van der Waals surface area contributed by atoms with Gasteiger partial charge in [-0.15, -0.1) is 0 Å². The molecule has 1 fully saturated rings.